The minimum absolute atomic E-state index is 0.00179. The third-order valence-corrected chi connectivity index (χ3v) is 10.3. The largest absolute Gasteiger partial charge is 0.436 e. The Balaban J connectivity index is 1.39. The summed E-state index contributed by atoms with van der Waals surface area (Å²) < 4.78 is 4.96. The van der Waals surface area contributed by atoms with Crippen molar-refractivity contribution in [1.29, 1.82) is 0 Å². The lowest BCUT2D eigenvalue weighted by Crippen LogP contribution is -2.45. The summed E-state index contributed by atoms with van der Waals surface area (Å²) in [5.41, 5.74) is 4.43. The molecule has 1 N–H and O–H groups in total. The van der Waals surface area contributed by atoms with Crippen LogP contribution in [0.5, 0.6) is 0 Å². The number of aliphatic hydroxyl groups is 1. The second kappa shape index (κ2) is 9.28. The highest BCUT2D eigenvalue weighted by Crippen LogP contribution is 2.66. The molecule has 0 saturated heterocycles. The first-order valence-corrected chi connectivity index (χ1v) is 13.4. The summed E-state index contributed by atoms with van der Waals surface area (Å²) in [5, 5.41) is 10.0. The molecule has 2 unspecified atom stereocenters. The number of esters is 1. The first-order chi connectivity index (χ1) is 15.2. The van der Waals surface area contributed by atoms with E-state index in [4.69, 9.17) is 4.74 Å². The molecule has 0 bridgehead atoms. The van der Waals surface area contributed by atoms with E-state index >= 15 is 0 Å². The van der Waals surface area contributed by atoms with E-state index in [1.165, 1.54) is 64.7 Å². The van der Waals surface area contributed by atoms with Crippen LogP contribution >= 0.6 is 0 Å². The maximum atomic E-state index is 11.1. The molecule has 4 rings (SSSR count). The molecule has 0 aromatic carbocycles. The monoisotopic (exact) mass is 442 g/mol. The minimum Gasteiger partial charge on any atom is -0.436 e. The molecule has 0 aromatic rings. The highest BCUT2D eigenvalue weighted by molar-refractivity contribution is 5.66. The van der Waals surface area contributed by atoms with Gasteiger partial charge in [-0.15, -0.1) is 0 Å². The van der Waals surface area contributed by atoms with Gasteiger partial charge in [0, 0.05) is 12.8 Å². The Morgan fingerprint density at radius 1 is 1.09 bits per heavy atom. The minimum atomic E-state index is -0.969. The van der Waals surface area contributed by atoms with Gasteiger partial charge >= 0.3 is 5.97 Å². The van der Waals surface area contributed by atoms with Gasteiger partial charge in [0.05, 0.1) is 0 Å². The number of allylic oxidation sites excluding steroid dienone is 4. The van der Waals surface area contributed by atoms with Crippen molar-refractivity contribution in [3.05, 3.63) is 23.3 Å². The molecule has 0 aliphatic heterocycles. The molecule has 4 aliphatic rings. The topological polar surface area (TPSA) is 46.5 Å². The fourth-order valence-electron chi connectivity index (χ4n) is 8.40. The zero-order chi connectivity index (χ0) is 23.1. The molecule has 3 fully saturated rings. The Morgan fingerprint density at radius 2 is 1.88 bits per heavy atom. The molecule has 3 nitrogen and oxygen atoms in total. The highest BCUT2D eigenvalue weighted by atomic mass is 16.6. The van der Waals surface area contributed by atoms with E-state index < -0.39 is 12.3 Å². The van der Waals surface area contributed by atoms with Crippen molar-refractivity contribution in [2.45, 2.75) is 112 Å². The molecule has 8 atom stereocenters. The predicted octanol–water partition coefficient (Wildman–Crippen LogP) is 7.20. The molecule has 0 spiro atoms. The maximum Gasteiger partial charge on any atom is 0.304 e. The number of rotatable bonds is 7. The average molecular weight is 443 g/mol. The fourth-order valence-corrected chi connectivity index (χ4v) is 8.40. The summed E-state index contributed by atoms with van der Waals surface area (Å²) in [7, 11) is 0. The van der Waals surface area contributed by atoms with E-state index in [1.54, 1.807) is 11.1 Å². The molecule has 32 heavy (non-hydrogen) atoms. The molecule has 0 aromatic heterocycles. The van der Waals surface area contributed by atoms with Crippen molar-refractivity contribution in [3.63, 3.8) is 0 Å². The quantitative estimate of drug-likeness (QED) is 0.335. The lowest BCUT2D eigenvalue weighted by molar-refractivity contribution is -0.173. The van der Waals surface area contributed by atoms with Gasteiger partial charge < -0.3 is 9.84 Å². The van der Waals surface area contributed by atoms with Gasteiger partial charge in [-0.05, 0) is 85.9 Å². The van der Waals surface area contributed by atoms with Crippen LogP contribution in [0, 0.1) is 40.4 Å². The zero-order valence-electron chi connectivity index (χ0n) is 21.2. The van der Waals surface area contributed by atoms with Gasteiger partial charge in [0.15, 0.2) is 0 Å². The number of aliphatic hydroxyl groups excluding tert-OH is 1. The van der Waals surface area contributed by atoms with Crippen LogP contribution in [-0.4, -0.2) is 17.4 Å². The number of fused-ring (bicyclic) bond motifs is 5. The number of carbonyl (C=O) groups excluding carboxylic acids is 1. The van der Waals surface area contributed by atoms with Crippen LogP contribution in [0.4, 0.5) is 0 Å². The van der Waals surface area contributed by atoms with Crippen LogP contribution in [0.2, 0.25) is 0 Å². The Labute approximate surface area is 196 Å². The molecule has 180 valence electrons. The first-order valence-electron chi connectivity index (χ1n) is 13.4. The SMILES string of the molecule is CC(=O)OC(O)C(C)CCC[C@@H](C)[C@H]1CC[C@H]2C3=CC=C4CCCC[C@]4(C)[C@H]3CC[C@]12C. The summed E-state index contributed by atoms with van der Waals surface area (Å²) in [6, 6.07) is 0. The predicted molar refractivity (Wildman–Crippen MR) is 130 cm³/mol. The van der Waals surface area contributed by atoms with E-state index in [0.717, 1.165) is 30.6 Å². The Bertz CT molecular complexity index is 766. The van der Waals surface area contributed by atoms with Gasteiger partial charge in [0.2, 0.25) is 6.29 Å². The molecular weight excluding hydrogens is 396 g/mol. The highest BCUT2D eigenvalue weighted by Gasteiger charge is 2.56. The van der Waals surface area contributed by atoms with Crippen LogP contribution in [0.15, 0.2) is 23.3 Å². The third-order valence-electron chi connectivity index (χ3n) is 10.3. The Morgan fingerprint density at radius 3 is 2.62 bits per heavy atom. The molecule has 3 saturated carbocycles. The third kappa shape index (κ3) is 4.24. The van der Waals surface area contributed by atoms with E-state index in [0.29, 0.717) is 16.7 Å². The molecule has 0 radical (unpaired) electrons. The molecule has 0 heterocycles. The van der Waals surface area contributed by atoms with E-state index in [2.05, 4.69) is 32.9 Å². The molecule has 3 heteroatoms. The smallest absolute Gasteiger partial charge is 0.304 e. The van der Waals surface area contributed by atoms with Gasteiger partial charge in [-0.2, -0.15) is 0 Å². The van der Waals surface area contributed by atoms with E-state index in [9.17, 15) is 9.90 Å². The molecule has 0 amide bonds. The lowest BCUT2D eigenvalue weighted by Gasteiger charge is -2.54. The molecule has 4 aliphatic carbocycles. The second-order valence-electron chi connectivity index (χ2n) is 12.2. The van der Waals surface area contributed by atoms with Crippen LogP contribution in [0.25, 0.3) is 0 Å². The summed E-state index contributed by atoms with van der Waals surface area (Å²) in [5.74, 6) is 2.67. The van der Waals surface area contributed by atoms with Crippen LogP contribution < -0.4 is 0 Å². The number of hydrogen-bond acceptors (Lipinski definition) is 3. The molecular formula is C29H46O3. The van der Waals surface area contributed by atoms with Crippen LogP contribution in [0.1, 0.15) is 105 Å². The van der Waals surface area contributed by atoms with Gasteiger partial charge in [-0.3, -0.25) is 4.79 Å². The number of carbonyl (C=O) groups is 1. The number of ether oxygens (including phenoxy) is 1. The standard InChI is InChI=1S/C29H46O3/c1-19(9-8-10-20(2)27(31)32-21(3)30)24-14-15-25-23-13-12-22-11-6-7-17-28(22,4)26(23)16-18-29(24,25)5/h12-13,19-20,24-27,31H,6-11,14-18H2,1-5H3/t19-,20?,24-,25+,26+,27?,28+,29-/m1/s1. The average Bonchev–Trinajstić information content (AvgIpc) is 3.10. The van der Waals surface area contributed by atoms with Crippen molar-refractivity contribution < 1.29 is 14.6 Å². The van der Waals surface area contributed by atoms with Crippen LogP contribution in [-0.2, 0) is 9.53 Å². The maximum absolute atomic E-state index is 11.1. The second-order valence-corrected chi connectivity index (χ2v) is 12.2. The Hall–Kier alpha value is -1.09. The number of hydrogen-bond donors (Lipinski definition) is 1. The Kier molecular flexibility index (Phi) is 6.97. The van der Waals surface area contributed by atoms with Crippen LogP contribution in [0.3, 0.4) is 0 Å². The van der Waals surface area contributed by atoms with E-state index in [1.807, 2.05) is 6.92 Å². The summed E-state index contributed by atoms with van der Waals surface area (Å²) in [4.78, 5) is 11.1. The zero-order valence-corrected chi connectivity index (χ0v) is 21.2. The lowest BCUT2D eigenvalue weighted by atomic mass is 9.50. The van der Waals surface area contributed by atoms with Gasteiger partial charge in [0.25, 0.3) is 0 Å². The first kappa shape index (κ1) is 24.0. The van der Waals surface area contributed by atoms with Crippen molar-refractivity contribution >= 4 is 5.97 Å². The van der Waals surface area contributed by atoms with Gasteiger partial charge in [0.1, 0.15) is 0 Å². The fraction of sp³-hybridized carbons (Fsp3) is 0.828. The van der Waals surface area contributed by atoms with Crippen molar-refractivity contribution in [2.75, 3.05) is 0 Å². The normalized spacial score (nSPS) is 39.0. The van der Waals surface area contributed by atoms with Gasteiger partial charge in [-0.25, -0.2) is 0 Å². The van der Waals surface area contributed by atoms with Crippen molar-refractivity contribution in [3.8, 4) is 0 Å². The van der Waals surface area contributed by atoms with Gasteiger partial charge in [-0.1, -0.05) is 70.3 Å². The summed E-state index contributed by atoms with van der Waals surface area (Å²) in [6.45, 7) is 11.0. The van der Waals surface area contributed by atoms with E-state index in [-0.39, 0.29) is 5.92 Å². The summed E-state index contributed by atoms with van der Waals surface area (Å²) in [6.07, 6.45) is 18.3. The van der Waals surface area contributed by atoms with Crippen molar-refractivity contribution in [1.82, 2.24) is 0 Å². The van der Waals surface area contributed by atoms with Crippen molar-refractivity contribution in [2.24, 2.45) is 40.4 Å². The summed E-state index contributed by atoms with van der Waals surface area (Å²) >= 11 is 0.